The van der Waals surface area contributed by atoms with E-state index < -0.39 is 4.92 Å². The van der Waals surface area contributed by atoms with Gasteiger partial charge in [0.15, 0.2) is 0 Å². The molecule has 0 aliphatic heterocycles. The maximum Gasteiger partial charge on any atom is 0.273 e. The first-order valence-corrected chi connectivity index (χ1v) is 6.70. The van der Waals surface area contributed by atoms with E-state index in [2.05, 4.69) is 5.32 Å². The molecule has 2 aromatic rings. The van der Waals surface area contributed by atoms with Crippen molar-refractivity contribution in [3.63, 3.8) is 0 Å². The quantitative estimate of drug-likeness (QED) is 0.665. The maximum atomic E-state index is 10.9. The van der Waals surface area contributed by atoms with E-state index in [1.54, 1.807) is 12.1 Å². The molecule has 0 saturated carbocycles. The number of nitrogens with one attached hydrogen (secondary N) is 1. The lowest BCUT2D eigenvalue weighted by Gasteiger charge is -2.07. The lowest BCUT2D eigenvalue weighted by atomic mass is 10.1. The van der Waals surface area contributed by atoms with Gasteiger partial charge in [-0.05, 0) is 23.8 Å². The number of hydrogen-bond donors (Lipinski definition) is 1. The highest BCUT2D eigenvalue weighted by Gasteiger charge is 2.13. The molecule has 1 N–H and O–H groups in total. The van der Waals surface area contributed by atoms with Crippen LogP contribution in [0.1, 0.15) is 11.1 Å². The summed E-state index contributed by atoms with van der Waals surface area (Å²) >= 11 is 11.9. The normalized spacial score (nSPS) is 10.5. The second-order valence-corrected chi connectivity index (χ2v) is 5.07. The van der Waals surface area contributed by atoms with Crippen molar-refractivity contribution in [2.75, 3.05) is 0 Å². The smallest absolute Gasteiger partial charge is 0.273 e. The number of nitrogens with zero attached hydrogens (tertiary/aromatic N) is 1. The van der Waals surface area contributed by atoms with E-state index in [1.165, 1.54) is 12.1 Å². The third-order valence-corrected chi connectivity index (χ3v) is 3.43. The van der Waals surface area contributed by atoms with Gasteiger partial charge in [0, 0.05) is 34.8 Å². The highest BCUT2D eigenvalue weighted by atomic mass is 35.5. The van der Waals surface area contributed by atoms with Gasteiger partial charge in [-0.2, -0.15) is 0 Å². The SMILES string of the molecule is O=[N+]([O-])c1ccc(Cl)cc1CNCc1ccccc1Cl. The van der Waals surface area contributed by atoms with E-state index in [9.17, 15) is 10.1 Å². The summed E-state index contributed by atoms with van der Waals surface area (Å²) in [6.45, 7) is 0.880. The minimum Gasteiger partial charge on any atom is -0.308 e. The van der Waals surface area contributed by atoms with Gasteiger partial charge in [0.05, 0.1) is 4.92 Å². The highest BCUT2D eigenvalue weighted by molar-refractivity contribution is 6.31. The zero-order valence-electron chi connectivity index (χ0n) is 10.5. The Morgan fingerprint density at radius 3 is 2.45 bits per heavy atom. The zero-order chi connectivity index (χ0) is 14.5. The molecule has 0 aromatic heterocycles. The Bertz CT molecular complexity index is 632. The Kier molecular flexibility index (Phi) is 4.95. The largest absolute Gasteiger partial charge is 0.308 e. The first kappa shape index (κ1) is 14.8. The molecule has 0 aliphatic rings. The fourth-order valence-electron chi connectivity index (χ4n) is 1.85. The Morgan fingerprint density at radius 1 is 1.05 bits per heavy atom. The molecular formula is C14H12Cl2N2O2. The number of nitro groups is 1. The van der Waals surface area contributed by atoms with Crippen molar-refractivity contribution in [2.24, 2.45) is 0 Å². The third kappa shape index (κ3) is 3.70. The Balaban J connectivity index is 2.06. The molecule has 20 heavy (non-hydrogen) atoms. The van der Waals surface area contributed by atoms with Gasteiger partial charge >= 0.3 is 0 Å². The van der Waals surface area contributed by atoms with Gasteiger partial charge in [0.2, 0.25) is 0 Å². The molecular weight excluding hydrogens is 299 g/mol. The summed E-state index contributed by atoms with van der Waals surface area (Å²) < 4.78 is 0. The van der Waals surface area contributed by atoms with Crippen molar-refractivity contribution in [1.82, 2.24) is 5.32 Å². The molecule has 0 aliphatic carbocycles. The van der Waals surface area contributed by atoms with Crippen LogP contribution in [0.2, 0.25) is 10.0 Å². The molecule has 0 bridgehead atoms. The van der Waals surface area contributed by atoms with Gasteiger partial charge in [-0.3, -0.25) is 10.1 Å². The Hall–Kier alpha value is -1.62. The number of hydrogen-bond acceptors (Lipinski definition) is 3. The van der Waals surface area contributed by atoms with Crippen LogP contribution in [0.5, 0.6) is 0 Å². The van der Waals surface area contributed by atoms with Crippen LogP contribution in [0, 0.1) is 10.1 Å². The molecule has 2 aromatic carbocycles. The molecule has 0 heterocycles. The highest BCUT2D eigenvalue weighted by Crippen LogP contribution is 2.23. The fourth-order valence-corrected chi connectivity index (χ4v) is 2.24. The molecule has 0 spiro atoms. The molecule has 0 radical (unpaired) electrons. The van der Waals surface area contributed by atoms with Crippen molar-refractivity contribution in [3.05, 3.63) is 73.8 Å². The van der Waals surface area contributed by atoms with Gasteiger partial charge < -0.3 is 5.32 Å². The fraction of sp³-hybridized carbons (Fsp3) is 0.143. The average Bonchev–Trinajstić information content (AvgIpc) is 2.41. The van der Waals surface area contributed by atoms with E-state index in [-0.39, 0.29) is 5.69 Å². The van der Waals surface area contributed by atoms with Crippen LogP contribution < -0.4 is 5.32 Å². The van der Waals surface area contributed by atoms with Crippen LogP contribution in [0.4, 0.5) is 5.69 Å². The minimum atomic E-state index is -0.414. The Labute approximate surface area is 126 Å². The van der Waals surface area contributed by atoms with Crippen LogP contribution in [-0.2, 0) is 13.1 Å². The summed E-state index contributed by atoms with van der Waals surface area (Å²) in [6.07, 6.45) is 0. The zero-order valence-corrected chi connectivity index (χ0v) is 12.0. The van der Waals surface area contributed by atoms with E-state index in [0.29, 0.717) is 28.7 Å². The van der Waals surface area contributed by atoms with Crippen molar-refractivity contribution in [1.29, 1.82) is 0 Å². The molecule has 0 unspecified atom stereocenters. The first-order valence-electron chi connectivity index (χ1n) is 5.95. The second kappa shape index (κ2) is 6.70. The molecule has 6 heteroatoms. The predicted molar refractivity (Wildman–Crippen MR) is 80.1 cm³/mol. The lowest BCUT2D eigenvalue weighted by molar-refractivity contribution is -0.385. The van der Waals surface area contributed by atoms with Gasteiger partial charge in [-0.25, -0.2) is 0 Å². The number of benzene rings is 2. The first-order chi connectivity index (χ1) is 9.58. The van der Waals surface area contributed by atoms with E-state index in [0.717, 1.165) is 5.56 Å². The van der Waals surface area contributed by atoms with E-state index >= 15 is 0 Å². The van der Waals surface area contributed by atoms with E-state index in [1.807, 2.05) is 18.2 Å². The molecule has 0 fully saturated rings. The van der Waals surface area contributed by atoms with Crippen molar-refractivity contribution >= 4 is 28.9 Å². The topological polar surface area (TPSA) is 55.2 Å². The summed E-state index contributed by atoms with van der Waals surface area (Å²) in [5.41, 5.74) is 1.55. The van der Waals surface area contributed by atoms with Crippen LogP contribution in [0.25, 0.3) is 0 Å². The van der Waals surface area contributed by atoms with Crippen LogP contribution >= 0.6 is 23.2 Å². The van der Waals surface area contributed by atoms with Crippen molar-refractivity contribution < 1.29 is 4.92 Å². The van der Waals surface area contributed by atoms with Gasteiger partial charge in [0.25, 0.3) is 5.69 Å². The number of halogens is 2. The standard InChI is InChI=1S/C14H12Cl2N2O2/c15-12-5-6-14(18(19)20)11(7-12)9-17-8-10-3-1-2-4-13(10)16/h1-7,17H,8-9H2. The third-order valence-electron chi connectivity index (χ3n) is 2.83. The lowest BCUT2D eigenvalue weighted by Crippen LogP contribution is -2.14. The van der Waals surface area contributed by atoms with Gasteiger partial charge in [-0.1, -0.05) is 41.4 Å². The van der Waals surface area contributed by atoms with Crippen LogP contribution in [-0.4, -0.2) is 4.92 Å². The summed E-state index contributed by atoms with van der Waals surface area (Å²) in [6, 6.07) is 12.0. The predicted octanol–water partition coefficient (Wildman–Crippen LogP) is 4.19. The van der Waals surface area contributed by atoms with Crippen LogP contribution in [0.3, 0.4) is 0 Å². The molecule has 0 atom stereocenters. The number of rotatable bonds is 5. The van der Waals surface area contributed by atoms with Crippen LogP contribution in [0.15, 0.2) is 42.5 Å². The van der Waals surface area contributed by atoms with Gasteiger partial charge in [0.1, 0.15) is 0 Å². The number of nitro benzene ring substituents is 1. The summed E-state index contributed by atoms with van der Waals surface area (Å²) in [7, 11) is 0. The van der Waals surface area contributed by atoms with E-state index in [4.69, 9.17) is 23.2 Å². The van der Waals surface area contributed by atoms with Crippen molar-refractivity contribution in [2.45, 2.75) is 13.1 Å². The van der Waals surface area contributed by atoms with Gasteiger partial charge in [-0.15, -0.1) is 0 Å². The van der Waals surface area contributed by atoms with Crippen molar-refractivity contribution in [3.8, 4) is 0 Å². The average molecular weight is 311 g/mol. The molecule has 0 amide bonds. The minimum absolute atomic E-state index is 0.0565. The summed E-state index contributed by atoms with van der Waals surface area (Å²) in [5.74, 6) is 0. The molecule has 0 saturated heterocycles. The Morgan fingerprint density at radius 2 is 1.75 bits per heavy atom. The second-order valence-electron chi connectivity index (χ2n) is 4.23. The molecule has 4 nitrogen and oxygen atoms in total. The molecule has 2 rings (SSSR count). The maximum absolute atomic E-state index is 10.9. The monoisotopic (exact) mass is 310 g/mol. The summed E-state index contributed by atoms with van der Waals surface area (Å²) in [4.78, 5) is 10.5. The summed E-state index contributed by atoms with van der Waals surface area (Å²) in [5, 5.41) is 15.2. The molecule has 104 valence electrons.